The van der Waals surface area contributed by atoms with Crippen molar-refractivity contribution < 1.29 is 14.3 Å². The van der Waals surface area contributed by atoms with Gasteiger partial charge in [-0.15, -0.1) is 0 Å². The van der Waals surface area contributed by atoms with Crippen molar-refractivity contribution in [1.29, 1.82) is 0 Å². The molecule has 1 unspecified atom stereocenters. The van der Waals surface area contributed by atoms with Crippen molar-refractivity contribution in [3.8, 4) is 11.5 Å². The van der Waals surface area contributed by atoms with E-state index in [1.165, 1.54) is 0 Å². The molecule has 0 aromatic heterocycles. The molecular formula is C35H27N3O3. The third kappa shape index (κ3) is 5.87. The Bertz CT molecular complexity index is 1700. The van der Waals surface area contributed by atoms with Crippen LogP contribution in [0.1, 0.15) is 37.9 Å². The van der Waals surface area contributed by atoms with Crippen molar-refractivity contribution in [2.75, 3.05) is 10.7 Å². The van der Waals surface area contributed by atoms with E-state index < -0.39 is 0 Å². The highest BCUT2D eigenvalue weighted by Gasteiger charge is 2.33. The molecule has 1 aliphatic rings. The molecule has 0 spiro atoms. The average Bonchev–Trinajstić information content (AvgIpc) is 3.39. The minimum atomic E-state index is -0.316. The molecule has 5 aromatic rings. The topological polar surface area (TPSA) is 70.7 Å². The molecule has 6 nitrogen and oxygen atoms in total. The number of nitrogens with one attached hydrogen (secondary N) is 2. The minimum Gasteiger partial charge on any atom is -0.457 e. The van der Waals surface area contributed by atoms with E-state index in [0.717, 1.165) is 16.8 Å². The summed E-state index contributed by atoms with van der Waals surface area (Å²) in [5.74, 6) is 0.852. The summed E-state index contributed by atoms with van der Waals surface area (Å²) in [4.78, 5) is 26.1. The normalized spacial score (nSPS) is 13.9. The first kappa shape index (κ1) is 25.6. The molecule has 6 rings (SSSR count). The van der Waals surface area contributed by atoms with Crippen LogP contribution in [-0.2, 0) is 0 Å². The van der Waals surface area contributed by atoms with Crippen LogP contribution in [0, 0.1) is 0 Å². The standard InChI is InChI=1S/C35H27N3O3/c39-34(26-13-6-2-7-14-26)36-28-17-10-18-29(23-28)41-30-20-21-31-32(24-30)37-38(35(40)27-15-8-3-9-16-27)33(31)22-19-25-11-4-1-5-12-25/h1-24,33,37H,(H,36,39). The lowest BCUT2D eigenvalue weighted by atomic mass is 10.0. The van der Waals surface area contributed by atoms with Gasteiger partial charge in [0.15, 0.2) is 0 Å². The fraction of sp³-hybridized carbons (Fsp3) is 0.0286. The lowest BCUT2D eigenvalue weighted by Crippen LogP contribution is -2.33. The zero-order chi connectivity index (χ0) is 28.0. The molecule has 2 N–H and O–H groups in total. The van der Waals surface area contributed by atoms with Crippen molar-refractivity contribution >= 4 is 29.3 Å². The van der Waals surface area contributed by atoms with Crippen LogP contribution in [0.5, 0.6) is 11.5 Å². The summed E-state index contributed by atoms with van der Waals surface area (Å²) in [6.07, 6.45) is 4.04. The highest BCUT2D eigenvalue weighted by atomic mass is 16.5. The lowest BCUT2D eigenvalue weighted by Gasteiger charge is -2.22. The van der Waals surface area contributed by atoms with Crippen LogP contribution in [0.25, 0.3) is 6.08 Å². The fourth-order valence-corrected chi connectivity index (χ4v) is 4.71. The first-order chi connectivity index (χ1) is 20.1. The second-order valence-corrected chi connectivity index (χ2v) is 9.57. The number of nitrogens with zero attached hydrogens (tertiary/aromatic N) is 1. The summed E-state index contributed by atoms with van der Waals surface area (Å²) in [5.41, 5.74) is 7.88. The Morgan fingerprint density at radius 3 is 2.10 bits per heavy atom. The van der Waals surface area contributed by atoms with E-state index in [9.17, 15) is 9.59 Å². The molecule has 41 heavy (non-hydrogen) atoms. The molecule has 200 valence electrons. The zero-order valence-electron chi connectivity index (χ0n) is 22.1. The van der Waals surface area contributed by atoms with Gasteiger partial charge >= 0.3 is 0 Å². The Labute approximate surface area is 238 Å². The molecular weight excluding hydrogens is 510 g/mol. The van der Waals surface area contributed by atoms with Gasteiger partial charge < -0.3 is 10.1 Å². The largest absolute Gasteiger partial charge is 0.457 e. The number of hydrogen-bond acceptors (Lipinski definition) is 4. The number of amides is 2. The van der Waals surface area contributed by atoms with Crippen LogP contribution >= 0.6 is 0 Å². The Morgan fingerprint density at radius 1 is 0.707 bits per heavy atom. The van der Waals surface area contributed by atoms with Crippen molar-refractivity contribution in [1.82, 2.24) is 5.01 Å². The van der Waals surface area contributed by atoms with Gasteiger partial charge in [0.05, 0.1) is 11.7 Å². The van der Waals surface area contributed by atoms with Crippen molar-refractivity contribution in [2.45, 2.75) is 6.04 Å². The Kier molecular flexibility index (Phi) is 7.28. The predicted octanol–water partition coefficient (Wildman–Crippen LogP) is 7.97. The third-order valence-corrected chi connectivity index (χ3v) is 6.74. The quantitative estimate of drug-likeness (QED) is 0.221. The molecule has 0 fully saturated rings. The first-order valence-corrected chi connectivity index (χ1v) is 13.3. The summed E-state index contributed by atoms with van der Waals surface area (Å²) in [7, 11) is 0. The number of hydrogen-bond donors (Lipinski definition) is 2. The number of hydrazine groups is 1. The lowest BCUT2D eigenvalue weighted by molar-refractivity contribution is 0.0772. The van der Waals surface area contributed by atoms with Gasteiger partial charge in [-0.1, -0.05) is 91.0 Å². The Morgan fingerprint density at radius 2 is 1.37 bits per heavy atom. The number of rotatable bonds is 7. The van der Waals surface area contributed by atoms with Crippen LogP contribution in [0.2, 0.25) is 0 Å². The van der Waals surface area contributed by atoms with Gasteiger partial charge in [0.1, 0.15) is 11.5 Å². The molecule has 1 aliphatic heterocycles. The number of carbonyl (C=O) groups is 2. The predicted molar refractivity (Wildman–Crippen MR) is 162 cm³/mol. The van der Waals surface area contributed by atoms with E-state index in [2.05, 4.69) is 10.7 Å². The zero-order valence-corrected chi connectivity index (χ0v) is 22.1. The maximum absolute atomic E-state index is 13.5. The van der Waals surface area contributed by atoms with Gasteiger partial charge in [-0.2, -0.15) is 0 Å². The van der Waals surface area contributed by atoms with Crippen LogP contribution in [-0.4, -0.2) is 16.8 Å². The molecule has 1 heterocycles. The molecule has 0 saturated heterocycles. The summed E-state index contributed by atoms with van der Waals surface area (Å²) in [5, 5.41) is 4.55. The van der Waals surface area contributed by atoms with E-state index in [-0.39, 0.29) is 17.9 Å². The van der Waals surface area contributed by atoms with Crippen molar-refractivity contribution in [3.05, 3.63) is 162 Å². The number of carbonyl (C=O) groups excluding carboxylic acids is 2. The van der Waals surface area contributed by atoms with Crippen LogP contribution in [0.3, 0.4) is 0 Å². The van der Waals surface area contributed by atoms with Gasteiger partial charge in [0, 0.05) is 34.5 Å². The van der Waals surface area contributed by atoms with Gasteiger partial charge in [-0.3, -0.25) is 15.0 Å². The Hall–Kier alpha value is -5.62. The number of benzene rings is 5. The summed E-state index contributed by atoms with van der Waals surface area (Å²) in [6, 6.07) is 40.9. The van der Waals surface area contributed by atoms with Crippen LogP contribution < -0.4 is 15.5 Å². The van der Waals surface area contributed by atoms with Crippen molar-refractivity contribution in [3.63, 3.8) is 0 Å². The maximum Gasteiger partial charge on any atom is 0.273 e. The fourth-order valence-electron chi connectivity index (χ4n) is 4.71. The number of fused-ring (bicyclic) bond motifs is 1. The molecule has 2 amide bonds. The summed E-state index contributed by atoms with van der Waals surface area (Å²) >= 11 is 0. The van der Waals surface area contributed by atoms with Gasteiger partial charge in [0.2, 0.25) is 0 Å². The van der Waals surface area contributed by atoms with Gasteiger partial charge in [-0.25, -0.2) is 5.01 Å². The smallest absolute Gasteiger partial charge is 0.273 e. The van der Waals surface area contributed by atoms with E-state index in [4.69, 9.17) is 4.74 Å². The van der Waals surface area contributed by atoms with E-state index in [1.54, 1.807) is 23.2 Å². The maximum atomic E-state index is 13.5. The molecule has 0 saturated carbocycles. The average molecular weight is 538 g/mol. The summed E-state index contributed by atoms with van der Waals surface area (Å²) < 4.78 is 6.16. The second kappa shape index (κ2) is 11.6. The van der Waals surface area contributed by atoms with Gasteiger partial charge in [0.25, 0.3) is 11.8 Å². The second-order valence-electron chi connectivity index (χ2n) is 9.57. The van der Waals surface area contributed by atoms with E-state index >= 15 is 0 Å². The van der Waals surface area contributed by atoms with Crippen LogP contribution in [0.15, 0.2) is 140 Å². The summed E-state index contributed by atoms with van der Waals surface area (Å²) in [6.45, 7) is 0. The highest BCUT2D eigenvalue weighted by molar-refractivity contribution is 6.04. The monoisotopic (exact) mass is 537 g/mol. The first-order valence-electron chi connectivity index (χ1n) is 13.3. The van der Waals surface area contributed by atoms with Gasteiger partial charge in [-0.05, 0) is 48.0 Å². The molecule has 5 aromatic carbocycles. The third-order valence-electron chi connectivity index (χ3n) is 6.74. The molecule has 1 atom stereocenters. The number of anilines is 2. The highest BCUT2D eigenvalue weighted by Crippen LogP contribution is 2.40. The Balaban J connectivity index is 1.24. The minimum absolute atomic E-state index is 0.131. The van der Waals surface area contributed by atoms with Crippen molar-refractivity contribution in [2.24, 2.45) is 0 Å². The SMILES string of the molecule is O=C(Nc1cccc(Oc2ccc3c(c2)NN(C(=O)c2ccccc2)C3C=Cc2ccccc2)c1)c1ccccc1. The van der Waals surface area contributed by atoms with E-state index in [1.807, 2.05) is 127 Å². The molecule has 0 radical (unpaired) electrons. The number of ether oxygens (including phenoxy) is 1. The molecule has 0 aliphatic carbocycles. The van der Waals surface area contributed by atoms with E-state index in [0.29, 0.717) is 28.3 Å². The van der Waals surface area contributed by atoms with Crippen LogP contribution in [0.4, 0.5) is 11.4 Å². The molecule has 6 heteroatoms. The molecule has 0 bridgehead atoms.